The summed E-state index contributed by atoms with van der Waals surface area (Å²) in [5.74, 6) is 1.56. The molecule has 0 aromatic heterocycles. The van der Waals surface area contributed by atoms with Crippen molar-refractivity contribution in [2.24, 2.45) is 0 Å². The molecule has 2 N–H and O–H groups in total. The molecule has 3 rings (SSSR count). The highest BCUT2D eigenvalue weighted by Gasteiger charge is 2.14. The molecule has 3 aromatic rings. The molecule has 8 heteroatoms. The van der Waals surface area contributed by atoms with Crippen molar-refractivity contribution < 1.29 is 28.4 Å². The Kier molecular flexibility index (Phi) is 7.72. The molecule has 0 saturated heterocycles. The van der Waals surface area contributed by atoms with Crippen LogP contribution in [0.2, 0.25) is 0 Å². The lowest BCUT2D eigenvalue weighted by Crippen LogP contribution is -1.96. The molecule has 0 spiro atoms. The zero-order valence-corrected chi connectivity index (χ0v) is 19.0. The number of ether oxygens (including phenoxy) is 4. The number of hydrogen-bond donors (Lipinski definition) is 2. The normalized spacial score (nSPS) is 10.8. The van der Waals surface area contributed by atoms with Crippen LogP contribution in [0.3, 0.4) is 0 Å². The van der Waals surface area contributed by atoms with Crippen molar-refractivity contribution in [1.29, 1.82) is 0 Å². The monoisotopic (exact) mass is 457 g/mol. The SMILES string of the molecule is COc1ccc(/C=C\c2cc(OC)c(OC)c(OC)c2)c(NSc2ccc(F)cc2)c1O. The van der Waals surface area contributed by atoms with Crippen LogP contribution in [0.1, 0.15) is 11.1 Å². The van der Waals surface area contributed by atoms with Crippen molar-refractivity contribution in [2.75, 3.05) is 33.2 Å². The first-order valence-corrected chi connectivity index (χ1v) is 10.4. The minimum Gasteiger partial charge on any atom is -0.503 e. The van der Waals surface area contributed by atoms with E-state index in [-0.39, 0.29) is 11.6 Å². The summed E-state index contributed by atoms with van der Waals surface area (Å²) in [6, 6.07) is 13.2. The summed E-state index contributed by atoms with van der Waals surface area (Å²) >= 11 is 1.25. The first-order valence-electron chi connectivity index (χ1n) is 9.57. The van der Waals surface area contributed by atoms with E-state index in [0.717, 1.165) is 10.5 Å². The van der Waals surface area contributed by atoms with Crippen LogP contribution in [0.25, 0.3) is 12.2 Å². The number of phenols is 1. The van der Waals surface area contributed by atoms with Crippen LogP contribution in [-0.2, 0) is 0 Å². The van der Waals surface area contributed by atoms with E-state index in [1.165, 1.54) is 31.2 Å². The maximum Gasteiger partial charge on any atom is 0.203 e. The molecular weight excluding hydrogens is 433 g/mol. The summed E-state index contributed by atoms with van der Waals surface area (Å²) in [6.07, 6.45) is 3.70. The molecule has 168 valence electrons. The summed E-state index contributed by atoms with van der Waals surface area (Å²) in [6.45, 7) is 0. The van der Waals surface area contributed by atoms with Crippen molar-refractivity contribution in [3.63, 3.8) is 0 Å². The lowest BCUT2D eigenvalue weighted by molar-refractivity contribution is 0.324. The van der Waals surface area contributed by atoms with Crippen LogP contribution in [0.5, 0.6) is 28.7 Å². The molecule has 0 atom stereocenters. The predicted molar refractivity (Wildman–Crippen MR) is 126 cm³/mol. The molecule has 6 nitrogen and oxygen atoms in total. The molecular formula is C24H24FNO5S. The van der Waals surface area contributed by atoms with Crippen molar-refractivity contribution in [3.8, 4) is 28.7 Å². The van der Waals surface area contributed by atoms with Gasteiger partial charge in [0.15, 0.2) is 23.0 Å². The van der Waals surface area contributed by atoms with Gasteiger partial charge in [0.1, 0.15) is 5.82 Å². The number of hydrogen-bond acceptors (Lipinski definition) is 7. The average Bonchev–Trinajstić information content (AvgIpc) is 2.82. The van der Waals surface area contributed by atoms with E-state index in [1.54, 1.807) is 39.5 Å². The second-order valence-electron chi connectivity index (χ2n) is 6.53. The molecule has 0 saturated carbocycles. The highest BCUT2D eigenvalue weighted by Crippen LogP contribution is 2.41. The molecule has 0 heterocycles. The van der Waals surface area contributed by atoms with Crippen molar-refractivity contribution in [2.45, 2.75) is 4.90 Å². The summed E-state index contributed by atoms with van der Waals surface area (Å²) in [7, 11) is 6.14. The average molecular weight is 458 g/mol. The highest BCUT2D eigenvalue weighted by atomic mass is 32.2. The highest BCUT2D eigenvalue weighted by molar-refractivity contribution is 8.00. The van der Waals surface area contributed by atoms with E-state index in [0.29, 0.717) is 34.2 Å². The van der Waals surface area contributed by atoms with Crippen molar-refractivity contribution >= 4 is 29.8 Å². The minimum absolute atomic E-state index is 0.0332. The number of rotatable bonds is 9. The summed E-state index contributed by atoms with van der Waals surface area (Å²) in [4.78, 5) is 0.785. The van der Waals surface area contributed by atoms with E-state index in [2.05, 4.69) is 4.72 Å². The van der Waals surface area contributed by atoms with E-state index in [9.17, 15) is 9.50 Å². The minimum atomic E-state index is -0.312. The van der Waals surface area contributed by atoms with Gasteiger partial charge in [0.25, 0.3) is 0 Å². The molecule has 32 heavy (non-hydrogen) atoms. The first kappa shape index (κ1) is 23.1. The maximum atomic E-state index is 13.2. The Bertz CT molecular complexity index is 1080. The Hall–Kier alpha value is -3.52. The molecule has 0 unspecified atom stereocenters. The van der Waals surface area contributed by atoms with Gasteiger partial charge >= 0.3 is 0 Å². The Morgan fingerprint density at radius 1 is 0.812 bits per heavy atom. The Balaban J connectivity index is 1.94. The van der Waals surface area contributed by atoms with Crippen LogP contribution < -0.4 is 23.7 Å². The lowest BCUT2D eigenvalue weighted by atomic mass is 10.1. The van der Waals surface area contributed by atoms with E-state index in [1.807, 2.05) is 30.4 Å². The Labute approximate surface area is 190 Å². The number of nitrogens with one attached hydrogen (secondary N) is 1. The Morgan fingerprint density at radius 3 is 2.00 bits per heavy atom. The van der Waals surface area contributed by atoms with Gasteiger partial charge in [-0.25, -0.2) is 4.39 Å². The molecule has 3 aromatic carbocycles. The van der Waals surface area contributed by atoms with E-state index >= 15 is 0 Å². The van der Waals surface area contributed by atoms with Crippen LogP contribution in [0.4, 0.5) is 10.1 Å². The number of aromatic hydroxyl groups is 1. The summed E-state index contributed by atoms with van der Waals surface area (Å²) in [5, 5.41) is 10.7. The third kappa shape index (κ3) is 5.20. The van der Waals surface area contributed by atoms with Gasteiger partial charge in [0.2, 0.25) is 5.75 Å². The fourth-order valence-corrected chi connectivity index (χ4v) is 3.70. The second kappa shape index (κ2) is 10.7. The van der Waals surface area contributed by atoms with Crippen LogP contribution >= 0.6 is 11.9 Å². The van der Waals surface area contributed by atoms with E-state index in [4.69, 9.17) is 18.9 Å². The topological polar surface area (TPSA) is 69.2 Å². The third-order valence-corrected chi connectivity index (χ3v) is 5.43. The number of halogens is 1. The first-order chi connectivity index (χ1) is 15.5. The van der Waals surface area contributed by atoms with Gasteiger partial charge in [-0.05, 0) is 66.0 Å². The number of phenolic OH excluding ortho intramolecular Hbond substituents is 1. The quantitative estimate of drug-likeness (QED) is 0.237. The molecule has 0 amide bonds. The smallest absolute Gasteiger partial charge is 0.203 e. The lowest BCUT2D eigenvalue weighted by Gasteiger charge is -2.14. The van der Waals surface area contributed by atoms with Gasteiger partial charge in [-0.3, -0.25) is 0 Å². The number of benzene rings is 3. The van der Waals surface area contributed by atoms with Crippen LogP contribution in [0.15, 0.2) is 53.4 Å². The second-order valence-corrected chi connectivity index (χ2v) is 7.41. The maximum absolute atomic E-state index is 13.2. The summed E-state index contributed by atoms with van der Waals surface area (Å²) < 4.78 is 37.7. The molecule has 0 aliphatic heterocycles. The van der Waals surface area contributed by atoms with E-state index < -0.39 is 0 Å². The molecule has 0 aliphatic rings. The number of anilines is 1. The van der Waals surface area contributed by atoms with Crippen molar-refractivity contribution in [3.05, 3.63) is 65.5 Å². The third-order valence-electron chi connectivity index (χ3n) is 4.62. The Morgan fingerprint density at radius 2 is 1.44 bits per heavy atom. The largest absolute Gasteiger partial charge is 0.503 e. The van der Waals surface area contributed by atoms with Crippen molar-refractivity contribution in [1.82, 2.24) is 0 Å². The standard InChI is InChI=1S/C24H24FNO5S/c1-28-19-12-7-16(22(23(19)27)26-32-18-10-8-17(25)9-11-18)6-5-15-13-20(29-2)24(31-4)21(14-15)30-3/h5-14,26-27H,1-4H3/b6-5-. The fourth-order valence-electron chi connectivity index (χ4n) is 2.99. The molecule has 0 radical (unpaired) electrons. The van der Waals surface area contributed by atoms with Crippen LogP contribution in [0, 0.1) is 5.82 Å². The zero-order valence-electron chi connectivity index (χ0n) is 18.1. The van der Waals surface area contributed by atoms with Crippen LogP contribution in [-0.4, -0.2) is 33.5 Å². The van der Waals surface area contributed by atoms with Gasteiger partial charge < -0.3 is 28.8 Å². The van der Waals surface area contributed by atoms with Gasteiger partial charge in [-0.2, -0.15) is 0 Å². The van der Waals surface area contributed by atoms with Gasteiger partial charge in [-0.15, -0.1) is 0 Å². The predicted octanol–water partition coefficient (Wildman–Crippen LogP) is 5.86. The zero-order chi connectivity index (χ0) is 23.1. The molecule has 0 fully saturated rings. The van der Waals surface area contributed by atoms with Gasteiger partial charge in [-0.1, -0.05) is 12.2 Å². The summed E-state index contributed by atoms with van der Waals surface area (Å²) in [5.41, 5.74) is 1.99. The number of methoxy groups -OCH3 is 4. The van der Waals surface area contributed by atoms with Gasteiger partial charge in [0, 0.05) is 10.5 Å². The molecule has 0 bridgehead atoms. The fraction of sp³-hybridized carbons (Fsp3) is 0.167. The molecule has 0 aliphatic carbocycles. The van der Waals surface area contributed by atoms with Gasteiger partial charge in [0.05, 0.1) is 34.1 Å².